The van der Waals surface area contributed by atoms with Crippen LogP contribution in [0.25, 0.3) is 111 Å². The van der Waals surface area contributed by atoms with Crippen LogP contribution in [-0.4, -0.2) is 9.13 Å². The Morgan fingerprint density at radius 3 is 0.952 bits per heavy atom. The molecule has 0 saturated heterocycles. The van der Waals surface area contributed by atoms with Crippen molar-refractivity contribution in [3.63, 3.8) is 0 Å². The molecule has 12 aromatic rings. The zero-order valence-electron chi connectivity index (χ0n) is 34.0. The van der Waals surface area contributed by atoms with Crippen LogP contribution in [0.15, 0.2) is 243 Å². The first-order valence-electron chi connectivity index (χ1n) is 21.3. The number of benzene rings is 10. The van der Waals surface area contributed by atoms with Crippen molar-refractivity contribution in [3.05, 3.63) is 243 Å². The number of hydrogen-bond donors (Lipinski definition) is 0. The highest BCUT2D eigenvalue weighted by atomic mass is 15.0. The van der Waals surface area contributed by atoms with Crippen LogP contribution in [0.4, 0.5) is 0 Å². The molecule has 2 nitrogen and oxygen atoms in total. The summed E-state index contributed by atoms with van der Waals surface area (Å²) in [7, 11) is 0. The van der Waals surface area contributed by atoms with Gasteiger partial charge < -0.3 is 9.13 Å². The minimum atomic E-state index is 1.15. The minimum Gasteiger partial charge on any atom is -0.309 e. The molecule has 2 aromatic heterocycles. The largest absolute Gasteiger partial charge is 0.309 e. The van der Waals surface area contributed by atoms with E-state index in [1.807, 2.05) is 0 Å². The van der Waals surface area contributed by atoms with Crippen molar-refractivity contribution in [3.8, 4) is 67.0 Å². The van der Waals surface area contributed by atoms with E-state index < -0.39 is 0 Å². The minimum absolute atomic E-state index is 1.15. The van der Waals surface area contributed by atoms with Crippen LogP contribution in [0.5, 0.6) is 0 Å². The third-order valence-corrected chi connectivity index (χ3v) is 12.5. The first kappa shape index (κ1) is 35.7. The van der Waals surface area contributed by atoms with E-state index in [0.717, 1.165) is 5.69 Å². The summed E-state index contributed by atoms with van der Waals surface area (Å²) < 4.78 is 4.79. The van der Waals surface area contributed by atoms with Crippen molar-refractivity contribution in [2.24, 2.45) is 0 Å². The molecule has 62 heavy (non-hydrogen) atoms. The Morgan fingerprint density at radius 1 is 0.177 bits per heavy atom. The Morgan fingerprint density at radius 2 is 0.484 bits per heavy atom. The molecule has 0 atom stereocenters. The highest BCUT2D eigenvalue weighted by Gasteiger charge is 2.17. The molecule has 0 spiro atoms. The molecule has 2 heterocycles. The highest BCUT2D eigenvalue weighted by Crippen LogP contribution is 2.40. The monoisotopic (exact) mass is 788 g/mol. The Labute approximate surface area is 360 Å². The smallest absolute Gasteiger partial charge is 0.0541 e. The van der Waals surface area contributed by atoms with E-state index >= 15 is 0 Å². The summed E-state index contributed by atoms with van der Waals surface area (Å²) in [5.41, 5.74) is 19.1. The predicted molar refractivity (Wildman–Crippen MR) is 262 cm³/mol. The SMILES string of the molecule is c1ccc(-c2cc(-c3ccccc3)cc(-c3cccc(-c4ccc5c(c4)c4cc(-c6ccc7c(c6)c6ccccc6n7-c6ccccc6)ccc4n5-c4ccccc4)c3)c2)cc1. The molecule has 0 radical (unpaired) electrons. The van der Waals surface area contributed by atoms with Gasteiger partial charge in [0, 0.05) is 32.9 Å². The summed E-state index contributed by atoms with van der Waals surface area (Å²) in [6, 6.07) is 88.5. The van der Waals surface area contributed by atoms with Gasteiger partial charge in [-0.3, -0.25) is 0 Å². The normalized spacial score (nSPS) is 11.5. The zero-order chi connectivity index (χ0) is 41.0. The molecular weight excluding hydrogens is 749 g/mol. The van der Waals surface area contributed by atoms with Crippen molar-refractivity contribution in [1.29, 1.82) is 0 Å². The summed E-state index contributed by atoms with van der Waals surface area (Å²) in [6.07, 6.45) is 0. The van der Waals surface area contributed by atoms with Crippen LogP contribution in [0, 0.1) is 0 Å². The Hall–Kier alpha value is -8.20. The van der Waals surface area contributed by atoms with Crippen LogP contribution in [0.3, 0.4) is 0 Å². The number of para-hydroxylation sites is 3. The number of aromatic nitrogens is 2. The molecule has 12 rings (SSSR count). The van der Waals surface area contributed by atoms with Crippen molar-refractivity contribution < 1.29 is 0 Å². The fourth-order valence-corrected chi connectivity index (χ4v) is 9.51. The molecule has 0 bridgehead atoms. The average molecular weight is 789 g/mol. The molecule has 0 aliphatic rings. The summed E-state index contributed by atoms with van der Waals surface area (Å²) in [4.78, 5) is 0. The number of fused-ring (bicyclic) bond motifs is 6. The summed E-state index contributed by atoms with van der Waals surface area (Å²) >= 11 is 0. The van der Waals surface area contributed by atoms with E-state index in [-0.39, 0.29) is 0 Å². The number of nitrogens with zero attached hydrogens (tertiary/aromatic N) is 2. The van der Waals surface area contributed by atoms with E-state index in [2.05, 4.69) is 252 Å². The molecule has 0 N–H and O–H groups in total. The van der Waals surface area contributed by atoms with Crippen LogP contribution in [-0.2, 0) is 0 Å². The van der Waals surface area contributed by atoms with E-state index in [1.54, 1.807) is 0 Å². The fraction of sp³-hybridized carbons (Fsp3) is 0. The fourth-order valence-electron chi connectivity index (χ4n) is 9.51. The lowest BCUT2D eigenvalue weighted by molar-refractivity contribution is 1.18. The van der Waals surface area contributed by atoms with Crippen molar-refractivity contribution in [2.75, 3.05) is 0 Å². The number of hydrogen-bond acceptors (Lipinski definition) is 0. The summed E-state index contributed by atoms with van der Waals surface area (Å²) in [5, 5.41) is 4.97. The lowest BCUT2D eigenvalue weighted by atomic mass is 9.92. The third-order valence-electron chi connectivity index (χ3n) is 12.5. The van der Waals surface area contributed by atoms with Gasteiger partial charge in [0.05, 0.1) is 22.1 Å². The first-order chi connectivity index (χ1) is 30.7. The van der Waals surface area contributed by atoms with Crippen molar-refractivity contribution in [1.82, 2.24) is 9.13 Å². The van der Waals surface area contributed by atoms with Crippen LogP contribution < -0.4 is 0 Å². The topological polar surface area (TPSA) is 9.86 Å². The maximum absolute atomic E-state index is 2.41. The second-order valence-electron chi connectivity index (χ2n) is 16.2. The summed E-state index contributed by atoms with van der Waals surface area (Å²) in [6.45, 7) is 0. The van der Waals surface area contributed by atoms with Crippen LogP contribution >= 0.6 is 0 Å². The molecule has 0 aliphatic carbocycles. The summed E-state index contributed by atoms with van der Waals surface area (Å²) in [5.74, 6) is 0. The van der Waals surface area contributed by atoms with Crippen LogP contribution in [0.2, 0.25) is 0 Å². The molecule has 2 heteroatoms. The molecule has 10 aromatic carbocycles. The molecule has 0 saturated carbocycles. The van der Waals surface area contributed by atoms with Gasteiger partial charge in [-0.05, 0) is 147 Å². The Kier molecular flexibility index (Phi) is 8.53. The quantitative estimate of drug-likeness (QED) is 0.152. The zero-order valence-corrected chi connectivity index (χ0v) is 34.0. The van der Waals surface area contributed by atoms with E-state index in [4.69, 9.17) is 0 Å². The Balaban J connectivity index is 1.01. The second kappa shape index (κ2) is 14.8. The first-order valence-corrected chi connectivity index (χ1v) is 21.3. The second-order valence-corrected chi connectivity index (χ2v) is 16.2. The van der Waals surface area contributed by atoms with Gasteiger partial charge in [0.15, 0.2) is 0 Å². The van der Waals surface area contributed by atoms with Gasteiger partial charge in [0.1, 0.15) is 0 Å². The van der Waals surface area contributed by atoms with Crippen molar-refractivity contribution >= 4 is 43.6 Å². The molecule has 0 amide bonds. The lowest BCUT2D eigenvalue weighted by Crippen LogP contribution is -1.93. The van der Waals surface area contributed by atoms with Gasteiger partial charge in [-0.15, -0.1) is 0 Å². The van der Waals surface area contributed by atoms with Gasteiger partial charge in [0.2, 0.25) is 0 Å². The highest BCUT2D eigenvalue weighted by molar-refractivity contribution is 6.13. The van der Waals surface area contributed by atoms with E-state index in [1.165, 1.54) is 105 Å². The molecular formula is C60H40N2. The molecule has 290 valence electrons. The van der Waals surface area contributed by atoms with Gasteiger partial charge in [-0.1, -0.05) is 152 Å². The van der Waals surface area contributed by atoms with Gasteiger partial charge in [-0.25, -0.2) is 0 Å². The standard InChI is InChI=1S/C60H40N2/c1-5-16-41(17-6-1)48-35-49(42-18-7-2-8-19-42)37-50(36-48)44-21-15-20-43(34-44)45-28-32-59-55(39-45)56-40-47(30-33-60(56)62(59)52-24-11-4-12-25-52)46-29-31-58-54(38-46)53-26-13-14-27-57(53)61(58)51-22-9-3-10-23-51/h1-40H. The number of rotatable bonds is 7. The molecule has 0 aliphatic heterocycles. The maximum atomic E-state index is 2.41. The molecule has 0 unspecified atom stereocenters. The average Bonchev–Trinajstić information content (AvgIpc) is 3.87. The third kappa shape index (κ3) is 6.12. The predicted octanol–water partition coefficient (Wildman–Crippen LogP) is 16.2. The van der Waals surface area contributed by atoms with Crippen LogP contribution in [0.1, 0.15) is 0 Å². The van der Waals surface area contributed by atoms with Gasteiger partial charge >= 0.3 is 0 Å². The van der Waals surface area contributed by atoms with E-state index in [0.29, 0.717) is 0 Å². The Bertz CT molecular complexity index is 3540. The lowest BCUT2D eigenvalue weighted by Gasteiger charge is -2.13. The van der Waals surface area contributed by atoms with Crippen molar-refractivity contribution in [2.45, 2.75) is 0 Å². The van der Waals surface area contributed by atoms with Gasteiger partial charge in [0.25, 0.3) is 0 Å². The van der Waals surface area contributed by atoms with Gasteiger partial charge in [-0.2, -0.15) is 0 Å². The molecule has 0 fully saturated rings. The maximum Gasteiger partial charge on any atom is 0.0541 e. The van der Waals surface area contributed by atoms with E-state index in [9.17, 15) is 0 Å².